The second-order valence-corrected chi connectivity index (χ2v) is 9.48. The molecule has 8 nitrogen and oxygen atoms in total. The number of nitrogens with one attached hydrogen (secondary N) is 1. The molecule has 2 amide bonds. The van der Waals surface area contributed by atoms with E-state index in [1.807, 2.05) is 29.0 Å². The number of carbonyl (C=O) groups is 2. The van der Waals surface area contributed by atoms with Crippen molar-refractivity contribution in [2.24, 2.45) is 16.5 Å². The molecule has 0 aliphatic carbocycles. The Bertz CT molecular complexity index is 1170. The van der Waals surface area contributed by atoms with Crippen LogP contribution in [0.5, 0.6) is 5.75 Å². The van der Waals surface area contributed by atoms with Gasteiger partial charge in [-0.1, -0.05) is 22.0 Å². The van der Waals surface area contributed by atoms with Gasteiger partial charge in [0.2, 0.25) is 6.04 Å². The first-order valence-corrected chi connectivity index (χ1v) is 12.7. The SMILES string of the molecule is COc1ccc(Br)cc1CCc1c(F)cccc1C(=O)NC(N)=NCCCC=[N+]1CCC[C@H]1C(N)=O. The van der Waals surface area contributed by atoms with Crippen molar-refractivity contribution in [3.8, 4) is 5.75 Å². The highest BCUT2D eigenvalue weighted by molar-refractivity contribution is 9.10. The molecule has 0 unspecified atom stereocenters. The number of hydrogen-bond donors (Lipinski definition) is 3. The largest absolute Gasteiger partial charge is 0.496 e. The van der Waals surface area contributed by atoms with Crippen molar-refractivity contribution in [1.82, 2.24) is 5.32 Å². The molecule has 1 aliphatic heterocycles. The second-order valence-electron chi connectivity index (χ2n) is 8.57. The van der Waals surface area contributed by atoms with E-state index in [2.05, 4.69) is 26.2 Å². The molecule has 1 aliphatic rings. The fourth-order valence-electron chi connectivity index (χ4n) is 4.31. The molecule has 0 spiro atoms. The molecule has 0 radical (unpaired) electrons. The highest BCUT2D eigenvalue weighted by Crippen LogP contribution is 2.25. The van der Waals surface area contributed by atoms with Crippen LogP contribution < -0.4 is 21.5 Å². The molecule has 2 aromatic carbocycles. The predicted molar refractivity (Wildman–Crippen MR) is 141 cm³/mol. The van der Waals surface area contributed by atoms with Crippen molar-refractivity contribution in [3.05, 3.63) is 63.4 Å². The standard InChI is InChI=1S/C26H31BrFN5O3/c1-36-23-12-10-18(27)16-17(23)9-11-19-20(6-4-7-21(19)28)25(35)32-26(30)31-13-2-3-14-33-15-5-8-22(33)24(29)34/h4,6-7,10,12,14,16,22H,2-3,5,8-9,11,13,15H2,1H3,(H4-,29,30,31,32,34,35)/p+1/t22-/m0/s1. The van der Waals surface area contributed by atoms with Gasteiger partial charge in [0.15, 0.2) is 5.96 Å². The lowest BCUT2D eigenvalue weighted by atomic mass is 9.98. The Morgan fingerprint density at radius 3 is 2.83 bits per heavy atom. The zero-order valence-electron chi connectivity index (χ0n) is 20.3. The van der Waals surface area contributed by atoms with Crippen LogP contribution in [0.4, 0.5) is 4.39 Å². The number of carbonyl (C=O) groups excluding carboxylic acids is 2. The molecule has 10 heteroatoms. The first kappa shape index (κ1) is 27.3. The van der Waals surface area contributed by atoms with Crippen LogP contribution in [0, 0.1) is 5.82 Å². The minimum absolute atomic E-state index is 0.0277. The van der Waals surface area contributed by atoms with Gasteiger partial charge in [-0.15, -0.1) is 0 Å². The number of methoxy groups -OCH3 is 1. The number of hydrogen-bond acceptors (Lipinski definition) is 4. The Labute approximate surface area is 218 Å². The highest BCUT2D eigenvalue weighted by Gasteiger charge is 2.32. The van der Waals surface area contributed by atoms with Crippen molar-refractivity contribution in [1.29, 1.82) is 0 Å². The van der Waals surface area contributed by atoms with Crippen molar-refractivity contribution >= 4 is 39.9 Å². The Kier molecular flexibility index (Phi) is 9.98. The predicted octanol–water partition coefficient (Wildman–Crippen LogP) is 2.94. The number of guanidine groups is 1. The molecule has 1 fully saturated rings. The van der Waals surface area contributed by atoms with Crippen LogP contribution in [0.15, 0.2) is 45.9 Å². The molecule has 3 rings (SSSR count). The van der Waals surface area contributed by atoms with Crippen LogP contribution in [0.25, 0.3) is 0 Å². The molecular formula is C26H32BrFN5O3+. The van der Waals surface area contributed by atoms with E-state index >= 15 is 0 Å². The Morgan fingerprint density at radius 2 is 2.08 bits per heavy atom. The topological polar surface area (TPSA) is 123 Å². The number of nitrogens with zero attached hydrogens (tertiary/aromatic N) is 2. The minimum atomic E-state index is -0.514. The third-order valence-electron chi connectivity index (χ3n) is 6.12. The fourth-order valence-corrected chi connectivity index (χ4v) is 4.72. The van der Waals surface area contributed by atoms with Gasteiger partial charge in [0, 0.05) is 41.4 Å². The smallest absolute Gasteiger partial charge is 0.286 e. The number of unbranched alkanes of at least 4 members (excludes halogenated alkanes) is 1. The molecule has 0 saturated carbocycles. The van der Waals surface area contributed by atoms with Crippen LogP contribution in [0.3, 0.4) is 0 Å². The normalized spacial score (nSPS) is 16.8. The highest BCUT2D eigenvalue weighted by atomic mass is 79.9. The van der Waals surface area contributed by atoms with Gasteiger partial charge in [-0.2, -0.15) is 0 Å². The maximum absolute atomic E-state index is 14.7. The lowest BCUT2D eigenvalue weighted by Crippen LogP contribution is -2.37. The van der Waals surface area contributed by atoms with E-state index in [0.717, 1.165) is 29.4 Å². The van der Waals surface area contributed by atoms with E-state index < -0.39 is 11.7 Å². The summed E-state index contributed by atoms with van der Waals surface area (Å²) in [6, 6.07) is 9.79. The van der Waals surface area contributed by atoms with Crippen LogP contribution in [-0.4, -0.2) is 54.8 Å². The Hall–Kier alpha value is -3.27. The summed E-state index contributed by atoms with van der Waals surface area (Å²) in [6.45, 7) is 1.22. The number of aryl methyl sites for hydroxylation is 1. The maximum atomic E-state index is 14.7. The van der Waals surface area contributed by atoms with Crippen LogP contribution in [0.1, 0.15) is 47.2 Å². The molecule has 1 atom stereocenters. The van der Waals surface area contributed by atoms with Gasteiger partial charge >= 0.3 is 0 Å². The number of benzene rings is 2. The molecule has 36 heavy (non-hydrogen) atoms. The van der Waals surface area contributed by atoms with Gasteiger partial charge in [-0.05, 0) is 55.2 Å². The molecule has 1 saturated heterocycles. The fraction of sp³-hybridized carbons (Fsp3) is 0.385. The van der Waals surface area contributed by atoms with E-state index in [1.54, 1.807) is 13.2 Å². The van der Waals surface area contributed by atoms with Crippen LogP contribution in [-0.2, 0) is 17.6 Å². The molecule has 0 bridgehead atoms. The van der Waals surface area contributed by atoms with Crippen LogP contribution >= 0.6 is 15.9 Å². The third-order valence-corrected chi connectivity index (χ3v) is 6.62. The van der Waals surface area contributed by atoms with E-state index in [9.17, 15) is 14.0 Å². The van der Waals surface area contributed by atoms with E-state index in [1.165, 1.54) is 12.1 Å². The summed E-state index contributed by atoms with van der Waals surface area (Å²) < 4.78 is 23.0. The average Bonchev–Trinajstić information content (AvgIpc) is 3.32. The quantitative estimate of drug-likeness (QED) is 0.179. The monoisotopic (exact) mass is 560 g/mol. The molecule has 5 N–H and O–H groups in total. The van der Waals surface area contributed by atoms with Gasteiger partial charge in [0.05, 0.1) is 7.11 Å². The van der Waals surface area contributed by atoms with E-state index in [4.69, 9.17) is 16.2 Å². The summed E-state index contributed by atoms with van der Waals surface area (Å²) in [6.07, 6.45) is 5.89. The summed E-state index contributed by atoms with van der Waals surface area (Å²) in [4.78, 5) is 28.5. The van der Waals surface area contributed by atoms with Crippen molar-refractivity contribution in [2.45, 2.75) is 44.6 Å². The van der Waals surface area contributed by atoms with Crippen molar-refractivity contribution in [3.63, 3.8) is 0 Å². The van der Waals surface area contributed by atoms with E-state index in [-0.39, 0.29) is 23.5 Å². The van der Waals surface area contributed by atoms with Gasteiger partial charge in [-0.3, -0.25) is 19.9 Å². The number of nitrogens with two attached hydrogens (primary N) is 2. The number of halogens is 2. The number of ether oxygens (including phenoxy) is 1. The summed E-state index contributed by atoms with van der Waals surface area (Å²) in [7, 11) is 1.58. The van der Waals surface area contributed by atoms with E-state index in [0.29, 0.717) is 43.5 Å². The summed E-state index contributed by atoms with van der Waals surface area (Å²) >= 11 is 3.44. The average molecular weight is 561 g/mol. The summed E-state index contributed by atoms with van der Waals surface area (Å²) in [5.74, 6) is -0.607. The van der Waals surface area contributed by atoms with Gasteiger partial charge in [0.1, 0.15) is 24.3 Å². The zero-order valence-corrected chi connectivity index (χ0v) is 21.9. The third kappa shape index (κ3) is 7.36. The Balaban J connectivity index is 1.58. The van der Waals surface area contributed by atoms with Crippen molar-refractivity contribution < 1.29 is 23.3 Å². The minimum Gasteiger partial charge on any atom is -0.496 e. The summed E-state index contributed by atoms with van der Waals surface area (Å²) in [5.41, 5.74) is 12.7. The molecular weight excluding hydrogens is 529 g/mol. The molecule has 2 aromatic rings. The number of rotatable bonds is 10. The number of primary amides is 1. The Morgan fingerprint density at radius 1 is 1.28 bits per heavy atom. The molecule has 192 valence electrons. The van der Waals surface area contributed by atoms with Gasteiger partial charge in [0.25, 0.3) is 11.8 Å². The lowest BCUT2D eigenvalue weighted by Gasteiger charge is -2.13. The number of amides is 2. The van der Waals surface area contributed by atoms with Gasteiger partial charge in [-0.25, -0.2) is 8.97 Å². The molecule has 1 heterocycles. The first-order valence-electron chi connectivity index (χ1n) is 11.9. The van der Waals surface area contributed by atoms with Crippen molar-refractivity contribution in [2.75, 3.05) is 20.2 Å². The molecule has 0 aromatic heterocycles. The van der Waals surface area contributed by atoms with Gasteiger partial charge < -0.3 is 16.2 Å². The number of aliphatic imine (C=N–C) groups is 1. The lowest BCUT2D eigenvalue weighted by molar-refractivity contribution is -0.527. The zero-order chi connectivity index (χ0) is 26.1. The maximum Gasteiger partial charge on any atom is 0.286 e. The first-order chi connectivity index (χ1) is 17.3. The van der Waals surface area contributed by atoms with Crippen LogP contribution in [0.2, 0.25) is 0 Å². The summed E-state index contributed by atoms with van der Waals surface area (Å²) in [5, 5.41) is 2.56. The second kappa shape index (κ2) is 13.2.